The van der Waals surface area contributed by atoms with Crippen LogP contribution in [0.1, 0.15) is 41.5 Å². The van der Waals surface area contributed by atoms with Gasteiger partial charge in [-0.25, -0.2) is 4.98 Å². The summed E-state index contributed by atoms with van der Waals surface area (Å²) >= 11 is 3.40. The van der Waals surface area contributed by atoms with Crippen molar-refractivity contribution in [3.8, 4) is 5.75 Å². The summed E-state index contributed by atoms with van der Waals surface area (Å²) < 4.78 is 9.20. The number of rotatable bonds is 8. The molecule has 0 unspecified atom stereocenters. The minimum atomic E-state index is -0.127. The molecular weight excluding hydrogens is 466 g/mol. The summed E-state index contributed by atoms with van der Waals surface area (Å²) in [7, 11) is 0. The minimum absolute atomic E-state index is 0.127. The predicted octanol–water partition coefficient (Wildman–Crippen LogP) is 5.93. The van der Waals surface area contributed by atoms with Gasteiger partial charge in [0, 0.05) is 10.0 Å². The molecule has 4 rings (SSSR count). The van der Waals surface area contributed by atoms with E-state index in [2.05, 4.69) is 45.7 Å². The Kier molecular flexibility index (Phi) is 6.90. The van der Waals surface area contributed by atoms with Gasteiger partial charge in [0.15, 0.2) is 0 Å². The summed E-state index contributed by atoms with van der Waals surface area (Å²) in [5, 5.41) is 2.99. The van der Waals surface area contributed by atoms with Crippen LogP contribution >= 0.6 is 15.9 Å². The van der Waals surface area contributed by atoms with Crippen LogP contribution in [-0.4, -0.2) is 22.1 Å². The fourth-order valence-electron chi connectivity index (χ4n) is 3.71. The molecule has 0 saturated carbocycles. The highest BCUT2D eigenvalue weighted by Crippen LogP contribution is 2.26. The monoisotopic (exact) mass is 491 g/mol. The quantitative estimate of drug-likeness (QED) is 0.332. The lowest BCUT2D eigenvalue weighted by atomic mass is 10.0. The predicted molar refractivity (Wildman–Crippen MR) is 131 cm³/mol. The van der Waals surface area contributed by atoms with Crippen molar-refractivity contribution in [3.05, 3.63) is 94.2 Å². The van der Waals surface area contributed by atoms with Gasteiger partial charge in [-0.05, 0) is 53.9 Å². The SMILES string of the molecule is CC(C)c1ccccc1OCCn1c(CNC(=O)c2ccc(Br)cc2)nc2ccccc21. The van der Waals surface area contributed by atoms with Crippen LogP contribution in [0.4, 0.5) is 0 Å². The molecule has 0 bridgehead atoms. The van der Waals surface area contributed by atoms with E-state index in [1.54, 1.807) is 12.1 Å². The zero-order valence-electron chi connectivity index (χ0n) is 18.2. The number of nitrogens with zero attached hydrogens (tertiary/aromatic N) is 2. The second-order valence-corrected chi connectivity index (χ2v) is 8.81. The number of hydrogen-bond acceptors (Lipinski definition) is 3. The van der Waals surface area contributed by atoms with Gasteiger partial charge in [-0.2, -0.15) is 0 Å². The second kappa shape index (κ2) is 10.0. The summed E-state index contributed by atoms with van der Waals surface area (Å²) in [6.07, 6.45) is 0. The fraction of sp³-hybridized carbons (Fsp3) is 0.231. The summed E-state index contributed by atoms with van der Waals surface area (Å²) in [4.78, 5) is 17.3. The number of fused-ring (bicyclic) bond motifs is 1. The first-order chi connectivity index (χ1) is 15.5. The van der Waals surface area contributed by atoms with E-state index in [1.165, 1.54) is 5.56 Å². The van der Waals surface area contributed by atoms with Crippen LogP contribution in [0.25, 0.3) is 11.0 Å². The molecule has 0 aliphatic rings. The number of para-hydroxylation sites is 3. The molecule has 5 nitrogen and oxygen atoms in total. The Bertz CT molecular complexity index is 1220. The highest BCUT2D eigenvalue weighted by molar-refractivity contribution is 9.10. The van der Waals surface area contributed by atoms with Crippen molar-refractivity contribution in [1.29, 1.82) is 0 Å². The largest absolute Gasteiger partial charge is 0.491 e. The van der Waals surface area contributed by atoms with E-state index in [4.69, 9.17) is 9.72 Å². The van der Waals surface area contributed by atoms with Crippen molar-refractivity contribution in [2.45, 2.75) is 32.9 Å². The van der Waals surface area contributed by atoms with Gasteiger partial charge in [0.1, 0.15) is 18.2 Å². The number of aromatic nitrogens is 2. The first kappa shape index (κ1) is 22.1. The van der Waals surface area contributed by atoms with Gasteiger partial charge >= 0.3 is 0 Å². The number of halogens is 1. The Morgan fingerprint density at radius 1 is 1.03 bits per heavy atom. The Morgan fingerprint density at radius 2 is 1.75 bits per heavy atom. The maximum atomic E-state index is 12.6. The fourth-order valence-corrected chi connectivity index (χ4v) is 3.97. The first-order valence-electron chi connectivity index (χ1n) is 10.7. The minimum Gasteiger partial charge on any atom is -0.491 e. The summed E-state index contributed by atoms with van der Waals surface area (Å²) in [5.41, 5.74) is 3.75. The van der Waals surface area contributed by atoms with E-state index in [0.29, 0.717) is 31.2 Å². The third-order valence-corrected chi connectivity index (χ3v) is 5.89. The highest BCUT2D eigenvalue weighted by atomic mass is 79.9. The average molecular weight is 492 g/mol. The van der Waals surface area contributed by atoms with E-state index >= 15 is 0 Å². The molecule has 3 aromatic carbocycles. The van der Waals surface area contributed by atoms with Gasteiger partial charge in [0.25, 0.3) is 5.91 Å². The van der Waals surface area contributed by atoms with E-state index in [1.807, 2.05) is 54.6 Å². The van der Waals surface area contributed by atoms with Crippen LogP contribution in [0.2, 0.25) is 0 Å². The summed E-state index contributed by atoms with van der Waals surface area (Å²) in [5.74, 6) is 1.98. The lowest BCUT2D eigenvalue weighted by molar-refractivity contribution is 0.0949. The standard InChI is InChI=1S/C26H26BrN3O2/c1-18(2)21-7-3-6-10-24(21)32-16-15-30-23-9-5-4-8-22(23)29-25(30)17-28-26(31)19-11-13-20(27)14-12-19/h3-14,18H,15-17H2,1-2H3,(H,28,31). The summed E-state index contributed by atoms with van der Waals surface area (Å²) in [6.45, 7) is 5.82. The Morgan fingerprint density at radius 3 is 2.53 bits per heavy atom. The van der Waals surface area contributed by atoms with Crippen LogP contribution in [0.5, 0.6) is 5.75 Å². The zero-order valence-corrected chi connectivity index (χ0v) is 19.8. The number of ether oxygens (including phenoxy) is 1. The van der Waals surface area contributed by atoms with Crippen LogP contribution in [0.3, 0.4) is 0 Å². The van der Waals surface area contributed by atoms with Crippen molar-refractivity contribution < 1.29 is 9.53 Å². The average Bonchev–Trinajstić information content (AvgIpc) is 3.15. The smallest absolute Gasteiger partial charge is 0.251 e. The van der Waals surface area contributed by atoms with Gasteiger partial charge in [0.05, 0.1) is 24.1 Å². The maximum Gasteiger partial charge on any atom is 0.251 e. The molecular formula is C26H26BrN3O2. The molecule has 1 aromatic heterocycles. The molecule has 0 aliphatic heterocycles. The van der Waals surface area contributed by atoms with Gasteiger partial charge in [-0.1, -0.05) is 60.1 Å². The van der Waals surface area contributed by atoms with Crippen LogP contribution in [-0.2, 0) is 13.1 Å². The lowest BCUT2D eigenvalue weighted by Gasteiger charge is -2.15. The van der Waals surface area contributed by atoms with E-state index in [-0.39, 0.29) is 5.91 Å². The molecule has 0 radical (unpaired) electrons. The molecule has 0 fully saturated rings. The molecule has 1 N–H and O–H groups in total. The van der Waals surface area contributed by atoms with Crippen molar-refractivity contribution >= 4 is 32.9 Å². The lowest BCUT2D eigenvalue weighted by Crippen LogP contribution is -2.25. The third kappa shape index (κ3) is 5.02. The molecule has 1 heterocycles. The number of hydrogen-bond donors (Lipinski definition) is 1. The number of benzene rings is 3. The molecule has 164 valence electrons. The normalized spacial score (nSPS) is 11.1. The van der Waals surface area contributed by atoms with E-state index in [9.17, 15) is 4.79 Å². The Balaban J connectivity index is 1.49. The number of nitrogens with one attached hydrogen (secondary N) is 1. The van der Waals surface area contributed by atoms with Gasteiger partial charge in [-0.15, -0.1) is 0 Å². The van der Waals surface area contributed by atoms with Crippen molar-refractivity contribution in [2.75, 3.05) is 6.61 Å². The maximum absolute atomic E-state index is 12.6. The van der Waals surface area contributed by atoms with Crippen molar-refractivity contribution in [1.82, 2.24) is 14.9 Å². The molecule has 0 atom stereocenters. The molecule has 1 amide bonds. The molecule has 6 heteroatoms. The second-order valence-electron chi connectivity index (χ2n) is 7.90. The number of amides is 1. The Labute approximate surface area is 196 Å². The Hall–Kier alpha value is -3.12. The van der Waals surface area contributed by atoms with Crippen LogP contribution in [0, 0.1) is 0 Å². The van der Waals surface area contributed by atoms with E-state index in [0.717, 1.165) is 27.1 Å². The highest BCUT2D eigenvalue weighted by Gasteiger charge is 2.13. The third-order valence-electron chi connectivity index (χ3n) is 5.36. The first-order valence-corrected chi connectivity index (χ1v) is 11.5. The van der Waals surface area contributed by atoms with Gasteiger partial charge in [0.2, 0.25) is 0 Å². The molecule has 0 saturated heterocycles. The van der Waals surface area contributed by atoms with E-state index < -0.39 is 0 Å². The molecule has 32 heavy (non-hydrogen) atoms. The van der Waals surface area contributed by atoms with Crippen molar-refractivity contribution in [2.24, 2.45) is 0 Å². The molecule has 0 spiro atoms. The number of carbonyl (C=O) groups is 1. The summed E-state index contributed by atoms with van der Waals surface area (Å²) in [6, 6.07) is 23.5. The van der Waals surface area contributed by atoms with Crippen LogP contribution < -0.4 is 10.1 Å². The van der Waals surface area contributed by atoms with Crippen LogP contribution in [0.15, 0.2) is 77.3 Å². The number of carbonyl (C=O) groups excluding carboxylic acids is 1. The molecule has 0 aliphatic carbocycles. The van der Waals surface area contributed by atoms with Gasteiger partial charge < -0.3 is 14.6 Å². The van der Waals surface area contributed by atoms with Crippen molar-refractivity contribution in [3.63, 3.8) is 0 Å². The number of imidazole rings is 1. The molecule has 4 aromatic rings. The van der Waals surface area contributed by atoms with Gasteiger partial charge in [-0.3, -0.25) is 4.79 Å². The topological polar surface area (TPSA) is 56.1 Å². The zero-order chi connectivity index (χ0) is 22.5.